The van der Waals surface area contributed by atoms with Gasteiger partial charge in [0.05, 0.1) is 17.4 Å². The van der Waals surface area contributed by atoms with Crippen molar-refractivity contribution in [1.82, 2.24) is 4.90 Å². The summed E-state index contributed by atoms with van der Waals surface area (Å²) < 4.78 is 33.2. The highest BCUT2D eigenvalue weighted by Gasteiger charge is 2.28. The molecule has 0 saturated heterocycles. The molecule has 2 aliphatic rings. The molecule has 1 aliphatic heterocycles. The lowest BCUT2D eigenvalue weighted by atomic mass is 10.0. The summed E-state index contributed by atoms with van der Waals surface area (Å²) in [5.41, 5.74) is 0.815. The largest absolute Gasteiger partial charge is 0.491 e. The second-order valence-corrected chi connectivity index (χ2v) is 8.15. The van der Waals surface area contributed by atoms with Gasteiger partial charge in [-0.2, -0.15) is 0 Å². The SMILES string of the molecule is CN1CCOc2ccc(NS(=O)(=O)C3CCCCC3)cc2C1=O. The molecule has 126 valence electrons. The first kappa shape index (κ1) is 16.1. The van der Waals surface area contributed by atoms with Crippen LogP contribution in [0.3, 0.4) is 0 Å². The van der Waals surface area contributed by atoms with Crippen LogP contribution in [-0.4, -0.2) is 44.7 Å². The number of amides is 1. The Hall–Kier alpha value is -1.76. The fourth-order valence-electron chi connectivity index (χ4n) is 3.11. The summed E-state index contributed by atoms with van der Waals surface area (Å²) in [4.78, 5) is 13.9. The van der Waals surface area contributed by atoms with Crippen LogP contribution in [0.4, 0.5) is 5.69 Å². The quantitative estimate of drug-likeness (QED) is 0.917. The molecule has 1 saturated carbocycles. The topological polar surface area (TPSA) is 75.7 Å². The Balaban J connectivity index is 1.84. The van der Waals surface area contributed by atoms with Crippen molar-refractivity contribution in [1.29, 1.82) is 0 Å². The summed E-state index contributed by atoms with van der Waals surface area (Å²) in [6.45, 7) is 0.943. The molecule has 1 aliphatic carbocycles. The van der Waals surface area contributed by atoms with Gasteiger partial charge in [-0.05, 0) is 31.0 Å². The molecule has 3 rings (SSSR count). The van der Waals surface area contributed by atoms with Crippen LogP contribution in [0.15, 0.2) is 18.2 Å². The average molecular weight is 338 g/mol. The molecule has 0 atom stereocenters. The molecule has 23 heavy (non-hydrogen) atoms. The van der Waals surface area contributed by atoms with E-state index >= 15 is 0 Å². The molecule has 0 spiro atoms. The summed E-state index contributed by atoms with van der Waals surface area (Å²) in [5.74, 6) is 0.344. The fraction of sp³-hybridized carbons (Fsp3) is 0.562. The number of carbonyl (C=O) groups is 1. The third-order valence-electron chi connectivity index (χ3n) is 4.49. The molecule has 7 heteroatoms. The highest BCUT2D eigenvalue weighted by atomic mass is 32.2. The van der Waals surface area contributed by atoms with E-state index in [1.165, 1.54) is 0 Å². The third-order valence-corrected chi connectivity index (χ3v) is 6.36. The van der Waals surface area contributed by atoms with Crippen molar-refractivity contribution >= 4 is 21.6 Å². The van der Waals surface area contributed by atoms with Gasteiger partial charge < -0.3 is 9.64 Å². The maximum Gasteiger partial charge on any atom is 0.257 e. The number of sulfonamides is 1. The molecule has 6 nitrogen and oxygen atoms in total. The number of ether oxygens (including phenoxy) is 1. The summed E-state index contributed by atoms with van der Waals surface area (Å²) in [5, 5.41) is -0.343. The number of anilines is 1. The van der Waals surface area contributed by atoms with Gasteiger partial charge in [0, 0.05) is 12.7 Å². The standard InChI is InChI=1S/C16H22N2O4S/c1-18-9-10-22-15-8-7-12(11-14(15)16(18)19)17-23(20,21)13-5-3-2-4-6-13/h7-8,11,13,17H,2-6,9-10H2,1H3. The molecule has 1 aromatic rings. The Morgan fingerprint density at radius 2 is 1.96 bits per heavy atom. The second kappa shape index (κ2) is 6.39. The van der Waals surface area contributed by atoms with Crippen molar-refractivity contribution in [3.05, 3.63) is 23.8 Å². The van der Waals surface area contributed by atoms with Crippen LogP contribution in [-0.2, 0) is 10.0 Å². The molecule has 1 aromatic carbocycles. The second-order valence-electron chi connectivity index (χ2n) is 6.19. The van der Waals surface area contributed by atoms with E-state index in [1.54, 1.807) is 30.1 Å². The number of hydrogen-bond acceptors (Lipinski definition) is 4. The first-order valence-corrected chi connectivity index (χ1v) is 9.56. The zero-order valence-corrected chi connectivity index (χ0v) is 14.1. The van der Waals surface area contributed by atoms with E-state index in [2.05, 4.69) is 4.72 Å². The molecule has 1 fully saturated rings. The van der Waals surface area contributed by atoms with Gasteiger partial charge in [0.1, 0.15) is 12.4 Å². The van der Waals surface area contributed by atoms with Gasteiger partial charge in [-0.1, -0.05) is 19.3 Å². The maximum atomic E-state index is 12.5. The lowest BCUT2D eigenvalue weighted by molar-refractivity contribution is 0.0797. The molecule has 0 radical (unpaired) electrons. The first-order valence-electron chi connectivity index (χ1n) is 8.01. The van der Waals surface area contributed by atoms with Crippen LogP contribution in [0.1, 0.15) is 42.5 Å². The number of carbonyl (C=O) groups excluding carboxylic acids is 1. The molecular weight excluding hydrogens is 316 g/mol. The van der Waals surface area contributed by atoms with E-state index in [1.807, 2.05) is 0 Å². The number of fused-ring (bicyclic) bond motifs is 1. The smallest absolute Gasteiger partial charge is 0.257 e. The van der Waals surface area contributed by atoms with Crippen molar-refractivity contribution in [3.63, 3.8) is 0 Å². The summed E-state index contributed by atoms with van der Waals surface area (Å²) in [6, 6.07) is 4.88. The minimum Gasteiger partial charge on any atom is -0.491 e. The molecule has 1 N–H and O–H groups in total. The predicted octanol–water partition coefficient (Wildman–Crippen LogP) is 2.23. The monoisotopic (exact) mass is 338 g/mol. The van der Waals surface area contributed by atoms with E-state index in [4.69, 9.17) is 4.74 Å². The number of nitrogens with one attached hydrogen (secondary N) is 1. The Labute approximate surface area is 136 Å². The maximum absolute atomic E-state index is 12.5. The fourth-order valence-corrected chi connectivity index (χ4v) is 4.69. The van der Waals surface area contributed by atoms with E-state index in [0.717, 1.165) is 19.3 Å². The van der Waals surface area contributed by atoms with Crippen molar-refractivity contribution < 1.29 is 17.9 Å². The zero-order chi connectivity index (χ0) is 16.4. The number of likely N-dealkylation sites (N-methyl/N-ethyl adjacent to an activating group) is 1. The van der Waals surface area contributed by atoms with Crippen LogP contribution in [0.25, 0.3) is 0 Å². The van der Waals surface area contributed by atoms with E-state index < -0.39 is 10.0 Å². The summed E-state index contributed by atoms with van der Waals surface area (Å²) >= 11 is 0. The lowest BCUT2D eigenvalue weighted by Gasteiger charge is -2.22. The van der Waals surface area contributed by atoms with Gasteiger partial charge in [0.2, 0.25) is 10.0 Å². The highest BCUT2D eigenvalue weighted by Crippen LogP contribution is 2.29. The Morgan fingerprint density at radius 1 is 1.22 bits per heavy atom. The van der Waals surface area contributed by atoms with Crippen LogP contribution in [0.5, 0.6) is 5.75 Å². The predicted molar refractivity (Wildman–Crippen MR) is 88.3 cm³/mol. The molecule has 0 unspecified atom stereocenters. The average Bonchev–Trinajstić information content (AvgIpc) is 2.68. The minimum absolute atomic E-state index is 0.156. The zero-order valence-electron chi connectivity index (χ0n) is 13.2. The normalized spacial score (nSPS) is 19.7. The molecule has 0 aromatic heterocycles. The van der Waals surface area contributed by atoms with Gasteiger partial charge in [0.15, 0.2) is 0 Å². The van der Waals surface area contributed by atoms with Crippen molar-refractivity contribution in [2.24, 2.45) is 0 Å². The Morgan fingerprint density at radius 3 is 2.70 bits per heavy atom. The van der Waals surface area contributed by atoms with Crippen molar-refractivity contribution in [2.75, 3.05) is 24.9 Å². The molecular formula is C16H22N2O4S. The van der Waals surface area contributed by atoms with E-state index in [9.17, 15) is 13.2 Å². The number of benzene rings is 1. The third kappa shape index (κ3) is 3.44. The Kier molecular flexibility index (Phi) is 4.48. The molecule has 0 bridgehead atoms. The first-order chi connectivity index (χ1) is 11.0. The van der Waals surface area contributed by atoms with E-state index in [-0.39, 0.29) is 11.2 Å². The van der Waals surface area contributed by atoms with Gasteiger partial charge in [-0.25, -0.2) is 8.42 Å². The summed E-state index contributed by atoms with van der Waals surface area (Å²) in [6.07, 6.45) is 4.40. The lowest BCUT2D eigenvalue weighted by Crippen LogP contribution is -2.30. The van der Waals surface area contributed by atoms with Crippen LogP contribution in [0.2, 0.25) is 0 Å². The van der Waals surface area contributed by atoms with Crippen molar-refractivity contribution in [2.45, 2.75) is 37.4 Å². The van der Waals surface area contributed by atoms with Gasteiger partial charge in [-0.15, -0.1) is 0 Å². The molecule has 1 amide bonds. The van der Waals surface area contributed by atoms with Crippen LogP contribution in [0, 0.1) is 0 Å². The van der Waals surface area contributed by atoms with Crippen molar-refractivity contribution in [3.8, 4) is 5.75 Å². The van der Waals surface area contributed by atoms with E-state index in [0.29, 0.717) is 43.0 Å². The Bertz CT molecular complexity index is 696. The van der Waals surface area contributed by atoms with Gasteiger partial charge in [-0.3, -0.25) is 9.52 Å². The number of nitrogens with zero attached hydrogens (tertiary/aromatic N) is 1. The highest BCUT2D eigenvalue weighted by molar-refractivity contribution is 7.93. The van der Waals surface area contributed by atoms with Crippen LogP contribution >= 0.6 is 0 Å². The molecule has 1 heterocycles. The van der Waals surface area contributed by atoms with Gasteiger partial charge in [0.25, 0.3) is 5.91 Å². The van der Waals surface area contributed by atoms with Gasteiger partial charge >= 0.3 is 0 Å². The number of rotatable bonds is 3. The number of hydrogen-bond donors (Lipinski definition) is 1. The summed E-state index contributed by atoms with van der Waals surface area (Å²) in [7, 11) is -1.71. The van der Waals surface area contributed by atoms with Crippen LogP contribution < -0.4 is 9.46 Å². The minimum atomic E-state index is -3.42.